The maximum Gasteiger partial charge on any atom is 0.231 e. The molecule has 0 bridgehead atoms. The second kappa shape index (κ2) is 10.1. The molecule has 0 saturated carbocycles. The van der Waals surface area contributed by atoms with Crippen LogP contribution in [0.5, 0.6) is 17.2 Å². The summed E-state index contributed by atoms with van der Waals surface area (Å²) in [4.78, 5) is 13.3. The number of hydrogen-bond donors (Lipinski definition) is 0. The highest BCUT2D eigenvalue weighted by Crippen LogP contribution is 2.39. The third kappa shape index (κ3) is 4.44. The summed E-state index contributed by atoms with van der Waals surface area (Å²) in [5, 5.41) is 4.24. The van der Waals surface area contributed by atoms with Crippen LogP contribution in [0.1, 0.15) is 22.2 Å². The molecule has 4 aromatic rings. The predicted octanol–water partition coefficient (Wildman–Crippen LogP) is 5.49. The van der Waals surface area contributed by atoms with E-state index in [2.05, 4.69) is 21.0 Å². The third-order valence-corrected chi connectivity index (χ3v) is 6.09. The fourth-order valence-corrected chi connectivity index (χ4v) is 4.17. The van der Waals surface area contributed by atoms with Crippen LogP contribution in [0.3, 0.4) is 0 Å². The second-order valence-electron chi connectivity index (χ2n) is 7.22. The van der Waals surface area contributed by atoms with Crippen LogP contribution in [0.2, 0.25) is 0 Å². The van der Waals surface area contributed by atoms with Gasteiger partial charge in [0, 0.05) is 25.1 Å². The molecule has 2 heterocycles. The van der Waals surface area contributed by atoms with Crippen molar-refractivity contribution in [3.8, 4) is 34.3 Å². The van der Waals surface area contributed by atoms with E-state index in [9.17, 15) is 4.79 Å². The van der Waals surface area contributed by atoms with E-state index in [1.54, 1.807) is 68.6 Å². The Hall–Kier alpha value is -3.56. The van der Waals surface area contributed by atoms with Crippen LogP contribution in [0, 0.1) is 0 Å². The highest BCUT2D eigenvalue weighted by atomic mass is 79.9. The molecule has 2 aromatic heterocycles. The maximum absolute atomic E-state index is 13.3. The first-order valence-corrected chi connectivity index (χ1v) is 11.1. The van der Waals surface area contributed by atoms with E-state index in [-0.39, 0.29) is 11.5 Å². The van der Waals surface area contributed by atoms with E-state index in [1.165, 1.54) is 7.11 Å². The fourth-order valence-electron chi connectivity index (χ4n) is 3.62. The van der Waals surface area contributed by atoms with Crippen LogP contribution in [0.15, 0.2) is 69.8 Å². The smallest absolute Gasteiger partial charge is 0.231 e. The molecule has 0 amide bonds. The molecule has 9 heteroatoms. The number of ketones is 1. The van der Waals surface area contributed by atoms with E-state index < -0.39 is 6.10 Å². The largest absolute Gasteiger partial charge is 0.495 e. The summed E-state index contributed by atoms with van der Waals surface area (Å²) in [5.74, 6) is 2.06. The van der Waals surface area contributed by atoms with Crippen molar-refractivity contribution >= 4 is 21.7 Å². The van der Waals surface area contributed by atoms with Crippen LogP contribution in [-0.2, 0) is 4.74 Å². The highest BCUT2D eigenvalue weighted by molar-refractivity contribution is 9.10. The van der Waals surface area contributed by atoms with Gasteiger partial charge in [-0.05, 0) is 64.0 Å². The number of rotatable bonds is 9. The van der Waals surface area contributed by atoms with Crippen molar-refractivity contribution in [2.75, 3.05) is 28.4 Å². The molecular formula is C25H23BrN2O6. The maximum atomic E-state index is 13.3. The molecule has 0 aliphatic rings. The van der Waals surface area contributed by atoms with Crippen molar-refractivity contribution < 1.29 is 28.2 Å². The average molecular weight is 527 g/mol. The Labute approximate surface area is 205 Å². The lowest BCUT2D eigenvalue weighted by atomic mass is 10.0. The Balaban J connectivity index is 1.65. The first kappa shape index (κ1) is 23.6. The van der Waals surface area contributed by atoms with Crippen LogP contribution in [0.25, 0.3) is 17.0 Å². The number of nitrogens with zero attached hydrogens (tertiary/aromatic N) is 2. The monoisotopic (exact) mass is 526 g/mol. The highest BCUT2D eigenvalue weighted by Gasteiger charge is 2.26. The molecule has 0 aliphatic carbocycles. The number of Topliss-reactive ketones (excluding diaryl/α,β-unsaturated/α-hetero) is 1. The number of aromatic nitrogens is 2. The molecule has 176 valence electrons. The minimum Gasteiger partial charge on any atom is -0.495 e. The minimum atomic E-state index is -0.881. The van der Waals surface area contributed by atoms with Crippen molar-refractivity contribution in [2.45, 2.75) is 6.10 Å². The average Bonchev–Trinajstić information content (AvgIpc) is 3.57. The molecule has 0 fully saturated rings. The van der Waals surface area contributed by atoms with Gasteiger partial charge in [0.05, 0.1) is 21.3 Å². The second-order valence-corrected chi connectivity index (χ2v) is 8.01. The lowest BCUT2D eigenvalue weighted by Crippen LogP contribution is -2.15. The zero-order valence-corrected chi connectivity index (χ0v) is 20.7. The van der Waals surface area contributed by atoms with E-state index in [1.807, 2.05) is 18.3 Å². The van der Waals surface area contributed by atoms with E-state index in [0.717, 1.165) is 5.69 Å². The summed E-state index contributed by atoms with van der Waals surface area (Å²) in [6.45, 7) is 0. The summed E-state index contributed by atoms with van der Waals surface area (Å²) in [6, 6.07) is 14.2. The topological polar surface area (TPSA) is 85.0 Å². The van der Waals surface area contributed by atoms with Crippen molar-refractivity contribution in [1.82, 2.24) is 9.78 Å². The van der Waals surface area contributed by atoms with Crippen LogP contribution >= 0.6 is 15.9 Å². The third-order valence-electron chi connectivity index (χ3n) is 5.31. The molecule has 4 rings (SSSR count). The lowest BCUT2D eigenvalue weighted by molar-refractivity contribution is 0.0577. The Kier molecular flexibility index (Phi) is 7.04. The number of methoxy groups -OCH3 is 4. The molecule has 0 aliphatic heterocycles. The summed E-state index contributed by atoms with van der Waals surface area (Å²) in [7, 11) is 6.17. The van der Waals surface area contributed by atoms with Crippen molar-refractivity contribution in [2.24, 2.45) is 0 Å². The van der Waals surface area contributed by atoms with Gasteiger partial charge in [-0.2, -0.15) is 5.10 Å². The SMILES string of the molecule is COc1cc(C(OC)C(=O)c2ccc(-c3cc(OC)c(Br)c(OC)c3)o2)ccc1-n1cccn1. The van der Waals surface area contributed by atoms with E-state index in [4.69, 9.17) is 23.4 Å². The van der Waals surface area contributed by atoms with Gasteiger partial charge in [0.15, 0.2) is 5.76 Å². The zero-order chi connectivity index (χ0) is 24.2. The molecule has 0 spiro atoms. The van der Waals surface area contributed by atoms with Gasteiger partial charge in [0.1, 0.15) is 39.3 Å². The van der Waals surface area contributed by atoms with Gasteiger partial charge in [-0.3, -0.25) is 4.79 Å². The normalized spacial score (nSPS) is 11.8. The Morgan fingerprint density at radius 3 is 2.26 bits per heavy atom. The molecule has 34 heavy (non-hydrogen) atoms. The number of ether oxygens (including phenoxy) is 4. The van der Waals surface area contributed by atoms with E-state index in [0.29, 0.717) is 38.6 Å². The standard InChI is InChI=1S/C25H23BrN2O6/c1-30-20-12-15(6-7-17(20)28-11-5-10-27-28)25(33-4)24(29)19-9-8-18(34-19)16-13-21(31-2)23(26)22(14-16)32-3/h5-14,25H,1-4H3. The van der Waals surface area contributed by atoms with Gasteiger partial charge in [0.2, 0.25) is 5.78 Å². The molecule has 8 nitrogen and oxygen atoms in total. The molecule has 0 N–H and O–H groups in total. The van der Waals surface area contributed by atoms with Crippen molar-refractivity contribution in [3.05, 3.63) is 76.7 Å². The van der Waals surface area contributed by atoms with Gasteiger partial charge in [-0.25, -0.2) is 4.68 Å². The van der Waals surface area contributed by atoms with Crippen molar-refractivity contribution in [1.29, 1.82) is 0 Å². The zero-order valence-electron chi connectivity index (χ0n) is 19.1. The fraction of sp³-hybridized carbons (Fsp3) is 0.200. The first-order chi connectivity index (χ1) is 16.5. The number of hydrogen-bond acceptors (Lipinski definition) is 7. The summed E-state index contributed by atoms with van der Waals surface area (Å²) < 4.78 is 30.2. The number of benzene rings is 2. The van der Waals surface area contributed by atoms with Gasteiger partial charge in [0.25, 0.3) is 0 Å². The minimum absolute atomic E-state index is 0.165. The number of furan rings is 1. The summed E-state index contributed by atoms with van der Waals surface area (Å²) in [6.07, 6.45) is 2.61. The lowest BCUT2D eigenvalue weighted by Gasteiger charge is -2.16. The Morgan fingerprint density at radius 1 is 0.971 bits per heavy atom. The predicted molar refractivity (Wildman–Crippen MR) is 129 cm³/mol. The van der Waals surface area contributed by atoms with Crippen LogP contribution in [0.4, 0.5) is 0 Å². The van der Waals surface area contributed by atoms with Crippen LogP contribution in [-0.4, -0.2) is 44.0 Å². The first-order valence-electron chi connectivity index (χ1n) is 10.3. The van der Waals surface area contributed by atoms with Gasteiger partial charge in [-0.15, -0.1) is 0 Å². The molecule has 0 saturated heterocycles. The quantitative estimate of drug-likeness (QED) is 0.266. The Morgan fingerprint density at radius 2 is 1.68 bits per heavy atom. The number of carbonyl (C=O) groups is 1. The summed E-state index contributed by atoms with van der Waals surface area (Å²) >= 11 is 3.45. The van der Waals surface area contributed by atoms with Crippen LogP contribution < -0.4 is 14.2 Å². The molecule has 1 atom stereocenters. The summed E-state index contributed by atoms with van der Waals surface area (Å²) in [5.41, 5.74) is 2.08. The molecule has 1 unspecified atom stereocenters. The molecule has 2 aromatic carbocycles. The van der Waals surface area contributed by atoms with Gasteiger partial charge in [-0.1, -0.05) is 6.07 Å². The molecular weight excluding hydrogens is 504 g/mol. The van der Waals surface area contributed by atoms with Crippen molar-refractivity contribution in [3.63, 3.8) is 0 Å². The molecule has 0 radical (unpaired) electrons. The Bertz CT molecular complexity index is 1270. The van der Waals surface area contributed by atoms with E-state index >= 15 is 0 Å². The van der Waals surface area contributed by atoms with Gasteiger partial charge < -0.3 is 23.4 Å². The number of carbonyl (C=O) groups excluding carboxylic acids is 1. The van der Waals surface area contributed by atoms with Gasteiger partial charge >= 0.3 is 0 Å². The number of halogens is 1.